The first-order valence-corrected chi connectivity index (χ1v) is 11.0. The first-order valence-electron chi connectivity index (χ1n) is 10.1. The zero-order valence-electron chi connectivity index (χ0n) is 17.1. The Hall–Kier alpha value is -4.30. The highest BCUT2D eigenvalue weighted by Crippen LogP contribution is 2.47. The third-order valence-corrected chi connectivity index (χ3v) is 6.53. The van der Waals surface area contributed by atoms with Crippen molar-refractivity contribution in [3.05, 3.63) is 83.9 Å². The van der Waals surface area contributed by atoms with E-state index < -0.39 is 17.4 Å². The lowest BCUT2D eigenvalue weighted by atomic mass is 9.99. The normalized spacial score (nSPS) is 12.4. The Morgan fingerprint density at radius 3 is 2.52 bits per heavy atom. The van der Waals surface area contributed by atoms with Crippen LogP contribution in [0.1, 0.15) is 15.9 Å². The van der Waals surface area contributed by atoms with Gasteiger partial charge in [0.25, 0.3) is 0 Å². The molecule has 1 aliphatic heterocycles. The van der Waals surface area contributed by atoms with Gasteiger partial charge in [-0.1, -0.05) is 53.8 Å². The van der Waals surface area contributed by atoms with E-state index in [1.54, 1.807) is 48.5 Å². The molecule has 0 amide bonds. The topological polar surface area (TPSA) is 93.8 Å². The summed E-state index contributed by atoms with van der Waals surface area (Å²) in [7, 11) is 0. The van der Waals surface area contributed by atoms with E-state index in [0.29, 0.717) is 33.5 Å². The Bertz CT molecular complexity index is 1500. The number of benzene rings is 3. The Morgan fingerprint density at radius 2 is 1.70 bits per heavy atom. The molecule has 2 N–H and O–H groups in total. The molecule has 0 fully saturated rings. The van der Waals surface area contributed by atoms with Crippen LogP contribution >= 0.6 is 11.3 Å². The second-order valence-corrected chi connectivity index (χ2v) is 8.47. The fourth-order valence-electron chi connectivity index (χ4n) is 3.96. The van der Waals surface area contributed by atoms with Crippen molar-refractivity contribution in [2.45, 2.75) is 0 Å². The maximum Gasteiger partial charge on any atom is 0.242 e. The number of hydrogen-bond donors (Lipinski definition) is 2. The standard InChI is InChI=1S/C25H16N2O5S/c28-22(14-6-2-1-3-7-14)20-21(15-10-11-17-18(12-15)32-13-31-17)27(24(30)23(20)29)25-26-16-8-4-5-9-19(16)33-25/h1-12,29-30H,13H2. The number of ether oxygens (including phenoxy) is 2. The number of fused-ring (bicyclic) bond motifs is 2. The van der Waals surface area contributed by atoms with Crippen LogP contribution in [0.4, 0.5) is 0 Å². The quantitative estimate of drug-likeness (QED) is 0.365. The number of aromatic hydroxyl groups is 2. The number of ketones is 1. The zero-order valence-corrected chi connectivity index (χ0v) is 17.9. The number of para-hydroxylation sites is 1. The van der Waals surface area contributed by atoms with Crippen molar-refractivity contribution in [2.24, 2.45) is 0 Å². The van der Waals surface area contributed by atoms with E-state index in [9.17, 15) is 15.0 Å². The minimum Gasteiger partial charge on any atom is -0.503 e. The van der Waals surface area contributed by atoms with Gasteiger partial charge < -0.3 is 19.7 Å². The van der Waals surface area contributed by atoms with Crippen molar-refractivity contribution in [3.8, 4) is 39.5 Å². The predicted molar refractivity (Wildman–Crippen MR) is 124 cm³/mol. The minimum absolute atomic E-state index is 0.0168. The second-order valence-electron chi connectivity index (χ2n) is 7.46. The van der Waals surface area contributed by atoms with Crippen LogP contribution in [0.5, 0.6) is 23.1 Å². The van der Waals surface area contributed by atoms with Crippen molar-refractivity contribution in [3.63, 3.8) is 0 Å². The highest BCUT2D eigenvalue weighted by molar-refractivity contribution is 7.20. The molecule has 5 aromatic rings. The first kappa shape index (κ1) is 19.4. The molecule has 1 aliphatic rings. The summed E-state index contributed by atoms with van der Waals surface area (Å²) >= 11 is 1.34. The summed E-state index contributed by atoms with van der Waals surface area (Å²) in [5, 5.41) is 22.4. The Morgan fingerprint density at radius 1 is 0.939 bits per heavy atom. The molecule has 6 rings (SSSR count). The molecule has 0 bridgehead atoms. The van der Waals surface area contributed by atoms with Crippen LogP contribution in [-0.4, -0.2) is 32.3 Å². The highest BCUT2D eigenvalue weighted by atomic mass is 32.1. The fraction of sp³-hybridized carbons (Fsp3) is 0.0400. The summed E-state index contributed by atoms with van der Waals surface area (Å²) in [6.07, 6.45) is 0. The van der Waals surface area contributed by atoms with E-state index in [0.717, 1.165) is 10.2 Å². The molecular weight excluding hydrogens is 440 g/mol. The number of aromatic nitrogens is 2. The molecule has 0 saturated heterocycles. The molecule has 0 saturated carbocycles. The van der Waals surface area contributed by atoms with Gasteiger partial charge in [-0.15, -0.1) is 0 Å². The van der Waals surface area contributed by atoms with Crippen molar-refractivity contribution in [1.82, 2.24) is 9.55 Å². The van der Waals surface area contributed by atoms with Crippen molar-refractivity contribution in [2.75, 3.05) is 6.79 Å². The van der Waals surface area contributed by atoms with Gasteiger partial charge in [0.15, 0.2) is 28.2 Å². The highest BCUT2D eigenvalue weighted by Gasteiger charge is 2.31. The summed E-state index contributed by atoms with van der Waals surface area (Å²) in [5.41, 5.74) is 2.00. The Labute approximate surface area is 191 Å². The number of thiazole rings is 1. The van der Waals surface area contributed by atoms with Crippen LogP contribution in [0.15, 0.2) is 72.8 Å². The van der Waals surface area contributed by atoms with Crippen LogP contribution < -0.4 is 9.47 Å². The molecule has 8 heteroatoms. The van der Waals surface area contributed by atoms with Crippen LogP contribution in [-0.2, 0) is 0 Å². The molecular formula is C25H16N2O5S. The summed E-state index contributed by atoms with van der Waals surface area (Å²) in [5.74, 6) is -0.282. The summed E-state index contributed by atoms with van der Waals surface area (Å²) < 4.78 is 13.3. The third kappa shape index (κ3) is 3.03. The summed E-state index contributed by atoms with van der Waals surface area (Å²) in [6, 6.07) is 21.4. The number of carbonyl (C=O) groups excluding carboxylic acids is 1. The van der Waals surface area contributed by atoms with Gasteiger partial charge in [0.1, 0.15) is 0 Å². The van der Waals surface area contributed by atoms with Crippen molar-refractivity contribution < 1.29 is 24.5 Å². The fourth-order valence-corrected chi connectivity index (χ4v) is 4.93. The predicted octanol–water partition coefficient (Wildman–Crippen LogP) is 5.12. The van der Waals surface area contributed by atoms with Gasteiger partial charge in [0.05, 0.1) is 21.5 Å². The van der Waals surface area contributed by atoms with Gasteiger partial charge in [0, 0.05) is 11.1 Å². The van der Waals surface area contributed by atoms with E-state index in [4.69, 9.17) is 9.47 Å². The molecule has 0 unspecified atom stereocenters. The van der Waals surface area contributed by atoms with Crippen molar-refractivity contribution in [1.29, 1.82) is 0 Å². The van der Waals surface area contributed by atoms with Crippen LogP contribution in [0.25, 0.3) is 26.6 Å². The molecule has 33 heavy (non-hydrogen) atoms. The Kier molecular flexibility index (Phi) is 4.34. The first-order chi connectivity index (χ1) is 16.1. The SMILES string of the molecule is O=C(c1ccccc1)c1c(O)c(O)n(-c2nc3ccccc3s2)c1-c1ccc2c(c1)OCO2. The summed E-state index contributed by atoms with van der Waals surface area (Å²) in [4.78, 5) is 18.1. The average Bonchev–Trinajstić information content (AvgIpc) is 3.55. The molecule has 162 valence electrons. The van der Waals surface area contributed by atoms with Crippen molar-refractivity contribution >= 4 is 27.3 Å². The second kappa shape index (κ2) is 7.39. The maximum atomic E-state index is 13.5. The molecule has 2 aromatic heterocycles. The zero-order chi connectivity index (χ0) is 22.5. The third-order valence-electron chi connectivity index (χ3n) is 5.50. The molecule has 0 spiro atoms. The van der Waals surface area contributed by atoms with E-state index in [2.05, 4.69) is 4.98 Å². The summed E-state index contributed by atoms with van der Waals surface area (Å²) in [6.45, 7) is 0.101. The molecule has 0 atom stereocenters. The van der Waals surface area contributed by atoms with Crippen LogP contribution in [0.3, 0.4) is 0 Å². The average molecular weight is 456 g/mol. The molecule has 0 radical (unpaired) electrons. The van der Waals surface area contributed by atoms with E-state index in [-0.39, 0.29) is 12.4 Å². The van der Waals surface area contributed by atoms with Crippen LogP contribution in [0.2, 0.25) is 0 Å². The number of carbonyl (C=O) groups is 1. The van der Waals surface area contributed by atoms with Gasteiger partial charge in [-0.05, 0) is 30.3 Å². The molecule has 7 nitrogen and oxygen atoms in total. The minimum atomic E-state index is -0.504. The van der Waals surface area contributed by atoms with Gasteiger partial charge in [-0.2, -0.15) is 0 Å². The maximum absolute atomic E-state index is 13.5. The number of hydrogen-bond acceptors (Lipinski definition) is 7. The molecule has 0 aliphatic carbocycles. The Balaban J connectivity index is 1.65. The van der Waals surface area contributed by atoms with Gasteiger partial charge in [-0.3, -0.25) is 9.36 Å². The number of rotatable bonds is 4. The lowest BCUT2D eigenvalue weighted by Crippen LogP contribution is -2.04. The van der Waals surface area contributed by atoms with E-state index in [1.165, 1.54) is 15.9 Å². The van der Waals surface area contributed by atoms with Gasteiger partial charge >= 0.3 is 0 Å². The van der Waals surface area contributed by atoms with Gasteiger partial charge in [0.2, 0.25) is 12.7 Å². The molecule has 3 heterocycles. The smallest absolute Gasteiger partial charge is 0.242 e. The largest absolute Gasteiger partial charge is 0.503 e. The van der Waals surface area contributed by atoms with E-state index in [1.807, 2.05) is 24.3 Å². The number of nitrogens with zero attached hydrogens (tertiary/aromatic N) is 2. The monoisotopic (exact) mass is 456 g/mol. The van der Waals surface area contributed by atoms with E-state index >= 15 is 0 Å². The molecule has 3 aromatic carbocycles. The lowest BCUT2D eigenvalue weighted by Gasteiger charge is -2.10. The van der Waals surface area contributed by atoms with Gasteiger partial charge in [-0.25, -0.2) is 4.98 Å². The lowest BCUT2D eigenvalue weighted by molar-refractivity contribution is 0.103. The van der Waals surface area contributed by atoms with Crippen LogP contribution in [0, 0.1) is 0 Å².